The highest BCUT2D eigenvalue weighted by atomic mass is 32.1. The van der Waals surface area contributed by atoms with Crippen LogP contribution in [0.2, 0.25) is 0 Å². The first kappa shape index (κ1) is 14.4. The number of amides is 1. The normalized spacial score (nSPS) is 14.8. The van der Waals surface area contributed by atoms with E-state index in [0.29, 0.717) is 35.6 Å². The Morgan fingerprint density at radius 2 is 2.04 bits per heavy atom. The first-order valence-corrected chi connectivity index (χ1v) is 8.62. The zero-order chi connectivity index (χ0) is 16.8. The summed E-state index contributed by atoms with van der Waals surface area (Å²) in [6.07, 6.45) is 1.56. The Bertz CT molecular complexity index is 1010. The lowest BCUT2D eigenvalue weighted by Gasteiger charge is -2.36. The number of furan rings is 1. The number of thiazole rings is 1. The van der Waals surface area contributed by atoms with Gasteiger partial charge in [0.05, 0.1) is 22.4 Å². The Balaban J connectivity index is 1.29. The number of para-hydroxylation sites is 1. The third-order valence-electron chi connectivity index (χ3n) is 4.18. The van der Waals surface area contributed by atoms with Gasteiger partial charge in [0.25, 0.3) is 5.91 Å². The molecule has 0 aliphatic carbocycles. The molecule has 8 heteroatoms. The van der Waals surface area contributed by atoms with E-state index in [-0.39, 0.29) is 11.8 Å². The van der Waals surface area contributed by atoms with E-state index in [1.165, 1.54) is 11.3 Å². The highest BCUT2D eigenvalue weighted by molar-refractivity contribution is 7.20. The van der Waals surface area contributed by atoms with Gasteiger partial charge in [-0.1, -0.05) is 17.3 Å². The molecule has 0 N–H and O–H groups in total. The van der Waals surface area contributed by atoms with Crippen LogP contribution >= 0.6 is 11.3 Å². The smallest absolute Gasteiger partial charge is 0.282 e. The molecular weight excluding hydrogens is 340 g/mol. The first-order valence-electron chi connectivity index (χ1n) is 7.80. The van der Waals surface area contributed by atoms with E-state index in [4.69, 9.17) is 8.94 Å². The zero-order valence-electron chi connectivity index (χ0n) is 13.0. The maximum Gasteiger partial charge on any atom is 0.282 e. The molecule has 5 rings (SSSR count). The van der Waals surface area contributed by atoms with Crippen LogP contribution in [0.5, 0.6) is 0 Å². The zero-order valence-corrected chi connectivity index (χ0v) is 13.8. The molecule has 7 nitrogen and oxygen atoms in total. The van der Waals surface area contributed by atoms with Crippen molar-refractivity contribution in [1.82, 2.24) is 20.0 Å². The Labute approximate surface area is 145 Å². The van der Waals surface area contributed by atoms with Crippen molar-refractivity contribution < 1.29 is 13.7 Å². The van der Waals surface area contributed by atoms with Gasteiger partial charge in [-0.15, -0.1) is 11.3 Å². The molecule has 124 valence electrons. The van der Waals surface area contributed by atoms with E-state index in [1.807, 2.05) is 24.3 Å². The van der Waals surface area contributed by atoms with Crippen LogP contribution in [-0.4, -0.2) is 39.0 Å². The third kappa shape index (κ3) is 2.42. The lowest BCUT2D eigenvalue weighted by atomic mass is 10.0. The second-order valence-electron chi connectivity index (χ2n) is 5.83. The predicted molar refractivity (Wildman–Crippen MR) is 90.3 cm³/mol. The first-order chi connectivity index (χ1) is 12.3. The highest BCUT2D eigenvalue weighted by Gasteiger charge is 2.37. The summed E-state index contributed by atoms with van der Waals surface area (Å²) in [7, 11) is 0. The van der Waals surface area contributed by atoms with Gasteiger partial charge in [-0.25, -0.2) is 4.98 Å². The molecule has 4 heterocycles. The van der Waals surface area contributed by atoms with Crippen LogP contribution in [-0.2, 0) is 0 Å². The maximum absolute atomic E-state index is 12.6. The van der Waals surface area contributed by atoms with Crippen molar-refractivity contribution >= 4 is 27.5 Å². The molecule has 1 fully saturated rings. The Morgan fingerprint density at radius 3 is 2.84 bits per heavy atom. The predicted octanol–water partition coefficient (Wildman–Crippen LogP) is 3.18. The Morgan fingerprint density at radius 1 is 1.16 bits per heavy atom. The van der Waals surface area contributed by atoms with E-state index >= 15 is 0 Å². The molecule has 1 aliphatic rings. The fourth-order valence-electron chi connectivity index (χ4n) is 2.81. The minimum atomic E-state index is -0.0526. The monoisotopic (exact) mass is 352 g/mol. The minimum Gasteiger partial charge on any atom is -0.461 e. The summed E-state index contributed by atoms with van der Waals surface area (Å²) >= 11 is 1.42. The average Bonchev–Trinajstić information content (AvgIpc) is 3.32. The van der Waals surface area contributed by atoms with Crippen LogP contribution in [0.4, 0.5) is 0 Å². The van der Waals surface area contributed by atoms with Crippen LogP contribution in [0.15, 0.2) is 51.6 Å². The summed E-state index contributed by atoms with van der Waals surface area (Å²) in [6, 6.07) is 11.3. The molecule has 1 aliphatic heterocycles. The van der Waals surface area contributed by atoms with Gasteiger partial charge in [0, 0.05) is 13.1 Å². The lowest BCUT2D eigenvalue weighted by molar-refractivity contribution is 0.0569. The van der Waals surface area contributed by atoms with Crippen molar-refractivity contribution in [3.63, 3.8) is 0 Å². The van der Waals surface area contributed by atoms with Gasteiger partial charge in [0.1, 0.15) is 0 Å². The molecule has 25 heavy (non-hydrogen) atoms. The van der Waals surface area contributed by atoms with Gasteiger partial charge < -0.3 is 13.8 Å². The summed E-state index contributed by atoms with van der Waals surface area (Å²) in [5.74, 6) is 1.52. The van der Waals surface area contributed by atoms with Gasteiger partial charge in [-0.2, -0.15) is 4.98 Å². The molecule has 1 amide bonds. The van der Waals surface area contributed by atoms with Crippen LogP contribution in [0.3, 0.4) is 0 Å². The average molecular weight is 352 g/mol. The summed E-state index contributed by atoms with van der Waals surface area (Å²) in [5.41, 5.74) is 0.855. The van der Waals surface area contributed by atoms with Crippen LogP contribution in [0, 0.1) is 0 Å². The summed E-state index contributed by atoms with van der Waals surface area (Å²) in [5, 5.41) is 4.44. The number of fused-ring (bicyclic) bond motifs is 1. The van der Waals surface area contributed by atoms with E-state index < -0.39 is 0 Å². The number of likely N-dealkylation sites (tertiary alicyclic amines) is 1. The lowest BCUT2D eigenvalue weighted by Crippen LogP contribution is -2.48. The molecule has 1 saturated heterocycles. The molecule has 0 saturated carbocycles. The van der Waals surface area contributed by atoms with Crippen molar-refractivity contribution in [2.45, 2.75) is 5.92 Å². The standard InChI is InChI=1S/C17H12N4O3S/c22-17(16-18-11-4-1-2-6-13(11)25-16)21-8-10(9-21)15-19-14(20-24-15)12-5-3-7-23-12/h1-7,10H,8-9H2. The molecule has 0 spiro atoms. The van der Waals surface area contributed by atoms with Crippen molar-refractivity contribution in [3.8, 4) is 11.6 Å². The topological polar surface area (TPSA) is 85.3 Å². The number of hydrogen-bond donors (Lipinski definition) is 0. The molecule has 0 unspecified atom stereocenters. The maximum atomic E-state index is 12.6. The quantitative estimate of drug-likeness (QED) is 0.563. The van der Waals surface area contributed by atoms with Gasteiger partial charge in [0.2, 0.25) is 11.7 Å². The van der Waals surface area contributed by atoms with Gasteiger partial charge >= 0.3 is 0 Å². The second-order valence-corrected chi connectivity index (χ2v) is 6.86. The van der Waals surface area contributed by atoms with Crippen molar-refractivity contribution in [3.05, 3.63) is 53.6 Å². The third-order valence-corrected chi connectivity index (χ3v) is 5.20. The molecule has 3 aromatic heterocycles. The molecular formula is C17H12N4O3S. The second kappa shape index (κ2) is 5.52. The van der Waals surface area contributed by atoms with Crippen LogP contribution < -0.4 is 0 Å². The van der Waals surface area contributed by atoms with Gasteiger partial charge in [-0.05, 0) is 24.3 Å². The number of carbonyl (C=O) groups is 1. The highest BCUT2D eigenvalue weighted by Crippen LogP contribution is 2.30. The van der Waals surface area contributed by atoms with Crippen molar-refractivity contribution in [1.29, 1.82) is 0 Å². The van der Waals surface area contributed by atoms with E-state index in [1.54, 1.807) is 23.3 Å². The summed E-state index contributed by atoms with van der Waals surface area (Å²) in [4.78, 5) is 23.1. The fraction of sp³-hybridized carbons (Fsp3) is 0.176. The fourth-order valence-corrected chi connectivity index (χ4v) is 3.74. The summed E-state index contributed by atoms with van der Waals surface area (Å²) < 4.78 is 11.6. The van der Waals surface area contributed by atoms with Crippen molar-refractivity contribution in [2.75, 3.05) is 13.1 Å². The molecule has 1 aromatic carbocycles. The van der Waals surface area contributed by atoms with Crippen LogP contribution in [0.25, 0.3) is 21.8 Å². The van der Waals surface area contributed by atoms with Crippen molar-refractivity contribution in [2.24, 2.45) is 0 Å². The number of rotatable bonds is 3. The van der Waals surface area contributed by atoms with E-state index in [2.05, 4.69) is 15.1 Å². The number of carbonyl (C=O) groups excluding carboxylic acids is 1. The van der Waals surface area contributed by atoms with E-state index in [0.717, 1.165) is 10.2 Å². The number of nitrogens with zero attached hydrogens (tertiary/aromatic N) is 4. The molecule has 0 radical (unpaired) electrons. The Hall–Kier alpha value is -3.00. The largest absolute Gasteiger partial charge is 0.461 e. The number of aromatic nitrogens is 3. The SMILES string of the molecule is O=C(c1nc2ccccc2s1)N1CC(c2nc(-c3ccco3)no2)C1. The number of benzene rings is 1. The summed E-state index contributed by atoms with van der Waals surface area (Å²) in [6.45, 7) is 1.10. The number of hydrogen-bond acceptors (Lipinski definition) is 7. The van der Waals surface area contributed by atoms with Gasteiger partial charge in [0.15, 0.2) is 10.8 Å². The Kier molecular flexibility index (Phi) is 3.17. The van der Waals surface area contributed by atoms with Crippen LogP contribution in [0.1, 0.15) is 21.6 Å². The van der Waals surface area contributed by atoms with Gasteiger partial charge in [-0.3, -0.25) is 4.79 Å². The minimum absolute atomic E-state index is 0.0505. The molecule has 0 atom stereocenters. The van der Waals surface area contributed by atoms with E-state index in [9.17, 15) is 4.79 Å². The molecule has 0 bridgehead atoms. The molecule has 4 aromatic rings.